The van der Waals surface area contributed by atoms with Crippen molar-refractivity contribution in [3.63, 3.8) is 0 Å². The summed E-state index contributed by atoms with van der Waals surface area (Å²) in [5, 5.41) is 2.96. The Kier molecular flexibility index (Phi) is 5.80. The quantitative estimate of drug-likeness (QED) is 0.860. The zero-order valence-electron chi connectivity index (χ0n) is 14.3. The number of nitrogens with one attached hydrogen (secondary N) is 1. The second-order valence-electron chi connectivity index (χ2n) is 6.17. The molecular weight excluding hydrogens is 286 g/mol. The van der Waals surface area contributed by atoms with E-state index in [2.05, 4.69) is 25.2 Å². The highest BCUT2D eigenvalue weighted by Gasteiger charge is 2.11. The first kappa shape index (κ1) is 17.1. The zero-order valence-corrected chi connectivity index (χ0v) is 14.3. The van der Waals surface area contributed by atoms with Crippen molar-refractivity contribution in [1.29, 1.82) is 0 Å². The van der Waals surface area contributed by atoms with Crippen LogP contribution in [0.2, 0.25) is 0 Å². The maximum Gasteiger partial charge on any atom is 0.258 e. The van der Waals surface area contributed by atoms with E-state index < -0.39 is 0 Å². The largest absolute Gasteiger partial charge is 0.483 e. The van der Waals surface area contributed by atoms with Gasteiger partial charge in [0.1, 0.15) is 5.75 Å². The van der Waals surface area contributed by atoms with Gasteiger partial charge in [-0.05, 0) is 42.5 Å². The Morgan fingerprint density at radius 1 is 1.04 bits per heavy atom. The second kappa shape index (κ2) is 7.82. The van der Waals surface area contributed by atoms with Crippen LogP contribution >= 0.6 is 0 Å². The Morgan fingerprint density at radius 2 is 1.74 bits per heavy atom. The SMILES string of the molecule is Cc1ccc(C(C)C)cc1OCC(=O)N[C@H](C)c1ccccc1. The number of carbonyl (C=O) groups excluding carboxylic acids is 1. The average molecular weight is 311 g/mol. The minimum absolute atomic E-state index is 0.0273. The highest BCUT2D eigenvalue weighted by atomic mass is 16.5. The second-order valence-corrected chi connectivity index (χ2v) is 6.17. The lowest BCUT2D eigenvalue weighted by Gasteiger charge is -2.16. The minimum Gasteiger partial charge on any atom is -0.483 e. The van der Waals surface area contributed by atoms with Crippen molar-refractivity contribution >= 4 is 5.91 Å². The van der Waals surface area contributed by atoms with Gasteiger partial charge in [-0.3, -0.25) is 4.79 Å². The number of ether oxygens (including phenoxy) is 1. The molecule has 0 saturated carbocycles. The summed E-state index contributed by atoms with van der Waals surface area (Å²) < 4.78 is 5.71. The van der Waals surface area contributed by atoms with Crippen LogP contribution in [0, 0.1) is 6.92 Å². The third-order valence-corrected chi connectivity index (χ3v) is 3.91. The van der Waals surface area contributed by atoms with Crippen molar-refractivity contribution in [2.24, 2.45) is 0 Å². The Hall–Kier alpha value is -2.29. The van der Waals surface area contributed by atoms with Crippen LogP contribution in [0.5, 0.6) is 5.75 Å². The average Bonchev–Trinajstić information content (AvgIpc) is 2.54. The molecule has 0 bridgehead atoms. The standard InChI is InChI=1S/C20H25NO2/c1-14(2)18-11-10-15(3)19(12-18)23-13-20(22)21-16(4)17-8-6-5-7-9-17/h5-12,14,16H,13H2,1-4H3,(H,21,22)/t16-/m1/s1. The van der Waals surface area contributed by atoms with Gasteiger partial charge in [0.05, 0.1) is 6.04 Å². The number of hydrogen-bond donors (Lipinski definition) is 1. The molecule has 3 nitrogen and oxygen atoms in total. The van der Waals surface area contributed by atoms with Gasteiger partial charge >= 0.3 is 0 Å². The predicted octanol–water partition coefficient (Wildman–Crippen LogP) is 4.37. The molecule has 3 heteroatoms. The molecule has 0 spiro atoms. The summed E-state index contributed by atoms with van der Waals surface area (Å²) >= 11 is 0. The van der Waals surface area contributed by atoms with Crippen molar-refractivity contribution in [3.8, 4) is 5.75 Å². The summed E-state index contributed by atoms with van der Waals surface area (Å²) in [6.45, 7) is 8.27. The molecule has 0 radical (unpaired) electrons. The van der Waals surface area contributed by atoms with Crippen LogP contribution in [0.15, 0.2) is 48.5 Å². The predicted molar refractivity (Wildman–Crippen MR) is 93.8 cm³/mol. The van der Waals surface area contributed by atoms with Crippen molar-refractivity contribution in [3.05, 3.63) is 65.2 Å². The molecule has 0 heterocycles. The van der Waals surface area contributed by atoms with E-state index in [4.69, 9.17) is 4.74 Å². The molecule has 0 aliphatic heterocycles. The maximum absolute atomic E-state index is 12.1. The van der Waals surface area contributed by atoms with Crippen LogP contribution < -0.4 is 10.1 Å². The molecule has 1 amide bonds. The van der Waals surface area contributed by atoms with Gasteiger partial charge in [0.15, 0.2) is 6.61 Å². The zero-order chi connectivity index (χ0) is 16.8. The summed E-state index contributed by atoms with van der Waals surface area (Å²) in [5.74, 6) is 1.10. The summed E-state index contributed by atoms with van der Waals surface area (Å²) in [6.07, 6.45) is 0. The fourth-order valence-electron chi connectivity index (χ4n) is 2.38. The first-order valence-electron chi connectivity index (χ1n) is 8.05. The summed E-state index contributed by atoms with van der Waals surface area (Å²) in [6, 6.07) is 16.0. The molecule has 0 aromatic heterocycles. The van der Waals surface area contributed by atoms with Crippen LogP contribution in [0.25, 0.3) is 0 Å². The monoisotopic (exact) mass is 311 g/mol. The molecule has 0 fully saturated rings. The van der Waals surface area contributed by atoms with Crippen LogP contribution in [0.4, 0.5) is 0 Å². The molecule has 0 aliphatic rings. The van der Waals surface area contributed by atoms with Crippen LogP contribution in [-0.4, -0.2) is 12.5 Å². The molecule has 1 N–H and O–H groups in total. The van der Waals surface area contributed by atoms with Gasteiger partial charge in [0.2, 0.25) is 0 Å². The van der Waals surface area contributed by atoms with Crippen LogP contribution in [0.3, 0.4) is 0 Å². The number of rotatable bonds is 6. The third-order valence-electron chi connectivity index (χ3n) is 3.91. The smallest absolute Gasteiger partial charge is 0.258 e. The molecule has 2 aromatic rings. The maximum atomic E-state index is 12.1. The fourth-order valence-corrected chi connectivity index (χ4v) is 2.38. The van der Waals surface area contributed by atoms with E-state index >= 15 is 0 Å². The van der Waals surface area contributed by atoms with E-state index in [1.54, 1.807) is 0 Å². The molecular formula is C20H25NO2. The third kappa shape index (κ3) is 4.85. The van der Waals surface area contributed by atoms with Crippen molar-refractivity contribution in [1.82, 2.24) is 5.32 Å². The number of amides is 1. The molecule has 2 rings (SSSR count). The van der Waals surface area contributed by atoms with Crippen LogP contribution in [-0.2, 0) is 4.79 Å². The van der Waals surface area contributed by atoms with Crippen LogP contribution in [0.1, 0.15) is 49.4 Å². The Morgan fingerprint density at radius 3 is 2.39 bits per heavy atom. The van der Waals surface area contributed by atoms with E-state index in [1.165, 1.54) is 5.56 Å². The lowest BCUT2D eigenvalue weighted by Crippen LogP contribution is -2.31. The first-order chi connectivity index (χ1) is 11.0. The number of benzene rings is 2. The summed E-state index contributed by atoms with van der Waals surface area (Å²) in [7, 11) is 0. The molecule has 0 aliphatic carbocycles. The minimum atomic E-state index is -0.115. The lowest BCUT2D eigenvalue weighted by atomic mass is 10.0. The molecule has 2 aromatic carbocycles. The fraction of sp³-hybridized carbons (Fsp3) is 0.350. The molecule has 1 atom stereocenters. The Balaban J connectivity index is 1.93. The molecule has 0 unspecified atom stereocenters. The Bertz CT molecular complexity index is 650. The lowest BCUT2D eigenvalue weighted by molar-refractivity contribution is -0.123. The number of aryl methyl sites for hydroxylation is 1. The normalized spacial score (nSPS) is 12.0. The van der Waals surface area contributed by atoms with Gasteiger partial charge in [-0.25, -0.2) is 0 Å². The highest BCUT2D eigenvalue weighted by Crippen LogP contribution is 2.24. The van der Waals surface area contributed by atoms with Gasteiger partial charge in [0.25, 0.3) is 5.91 Å². The van der Waals surface area contributed by atoms with Gasteiger partial charge in [0, 0.05) is 0 Å². The summed E-state index contributed by atoms with van der Waals surface area (Å²) in [4.78, 5) is 12.1. The molecule has 23 heavy (non-hydrogen) atoms. The van der Waals surface area contributed by atoms with Gasteiger partial charge in [-0.15, -0.1) is 0 Å². The summed E-state index contributed by atoms with van der Waals surface area (Å²) in [5.41, 5.74) is 3.33. The highest BCUT2D eigenvalue weighted by molar-refractivity contribution is 5.78. The first-order valence-corrected chi connectivity index (χ1v) is 8.05. The Labute approximate surface area is 138 Å². The van der Waals surface area contributed by atoms with E-state index in [0.717, 1.165) is 16.9 Å². The van der Waals surface area contributed by atoms with E-state index in [9.17, 15) is 4.79 Å². The number of carbonyl (C=O) groups is 1. The van der Waals surface area contributed by atoms with Crippen molar-refractivity contribution < 1.29 is 9.53 Å². The van der Waals surface area contributed by atoms with Crippen molar-refractivity contribution in [2.45, 2.75) is 39.7 Å². The van der Waals surface area contributed by atoms with Gasteiger partial charge < -0.3 is 10.1 Å². The molecule has 0 saturated heterocycles. The van der Waals surface area contributed by atoms with E-state index in [0.29, 0.717) is 5.92 Å². The molecule has 122 valence electrons. The van der Waals surface area contributed by atoms with E-state index in [-0.39, 0.29) is 18.6 Å². The topological polar surface area (TPSA) is 38.3 Å². The van der Waals surface area contributed by atoms with Gasteiger partial charge in [-0.2, -0.15) is 0 Å². The number of hydrogen-bond acceptors (Lipinski definition) is 2. The van der Waals surface area contributed by atoms with E-state index in [1.807, 2.05) is 56.3 Å². The van der Waals surface area contributed by atoms with Gasteiger partial charge in [-0.1, -0.05) is 56.3 Å². The van der Waals surface area contributed by atoms with Crippen molar-refractivity contribution in [2.75, 3.05) is 6.61 Å².